The lowest BCUT2D eigenvalue weighted by Gasteiger charge is -2.44. The van der Waals surface area contributed by atoms with Gasteiger partial charge in [-0.1, -0.05) is 32.9 Å². The van der Waals surface area contributed by atoms with E-state index in [1.807, 2.05) is 32.9 Å². The maximum absolute atomic E-state index is 13.9. The summed E-state index contributed by atoms with van der Waals surface area (Å²) in [5.74, 6) is -0.893. The molecular weight excluding hydrogens is 447 g/mol. The average molecular weight is 472 g/mol. The number of carbonyl (C=O) groups excluding carboxylic acids is 1. The lowest BCUT2D eigenvalue weighted by molar-refractivity contribution is -0.137. The molecule has 172 valence electrons. The number of nitrogens with zero attached hydrogens (tertiary/aromatic N) is 2. The Morgan fingerprint density at radius 3 is 2.52 bits per heavy atom. The van der Waals surface area contributed by atoms with Crippen LogP contribution in [0.4, 0.5) is 18.9 Å². The lowest BCUT2D eigenvalue weighted by atomic mass is 9.69. The van der Waals surface area contributed by atoms with Gasteiger partial charge < -0.3 is 5.73 Å². The average Bonchev–Trinajstić information content (AvgIpc) is 3.20. The smallest absolute Gasteiger partial charge is 0.384 e. The minimum atomic E-state index is -4.63. The number of thiophene rings is 1. The number of allylic oxidation sites excluding steroid dienone is 3. The van der Waals surface area contributed by atoms with E-state index in [0.29, 0.717) is 17.7 Å². The number of nitrogens with two attached hydrogens (primary N) is 1. The van der Waals surface area contributed by atoms with Gasteiger partial charge in [0.1, 0.15) is 5.82 Å². The minimum absolute atomic E-state index is 0.0603. The van der Waals surface area contributed by atoms with Gasteiger partial charge in [0, 0.05) is 27.4 Å². The predicted octanol–water partition coefficient (Wildman–Crippen LogP) is 6.27. The van der Waals surface area contributed by atoms with Crippen LogP contribution < -0.4 is 10.6 Å². The first-order valence-corrected chi connectivity index (χ1v) is 11.5. The van der Waals surface area contributed by atoms with Gasteiger partial charge in [0.15, 0.2) is 5.78 Å². The molecule has 0 bridgehead atoms. The van der Waals surface area contributed by atoms with Crippen molar-refractivity contribution in [1.82, 2.24) is 0 Å². The fourth-order valence-corrected chi connectivity index (χ4v) is 5.79. The number of Topliss-reactive ketones (excluding diaryl/α,β-unsaturated/α-hetero) is 1. The second-order valence-corrected chi connectivity index (χ2v) is 10.4. The first-order valence-electron chi connectivity index (χ1n) is 10.7. The lowest BCUT2D eigenvalue weighted by Crippen LogP contribution is -2.42. The van der Waals surface area contributed by atoms with E-state index in [1.54, 1.807) is 0 Å². The second kappa shape index (κ2) is 8.07. The molecule has 1 aromatic heterocycles. The molecule has 1 aromatic carbocycles. The SMILES string of the molecule is CCc1ccc([C@H]2C(C#N)=C(N)N(c3ccccc3C(F)(F)F)C3=C2C(=O)CC(C)(C)C3)s1. The normalized spacial score (nSPS) is 20.7. The van der Waals surface area contributed by atoms with Crippen molar-refractivity contribution < 1.29 is 18.0 Å². The van der Waals surface area contributed by atoms with Gasteiger partial charge in [-0.05, 0) is 42.5 Å². The Balaban J connectivity index is 2.03. The van der Waals surface area contributed by atoms with Crippen molar-refractivity contribution in [3.63, 3.8) is 0 Å². The van der Waals surface area contributed by atoms with Crippen LogP contribution in [0.1, 0.15) is 54.8 Å². The third kappa shape index (κ3) is 3.95. The Hall–Kier alpha value is -3.05. The Labute approximate surface area is 194 Å². The third-order valence-electron chi connectivity index (χ3n) is 6.15. The highest BCUT2D eigenvalue weighted by Gasteiger charge is 2.46. The van der Waals surface area contributed by atoms with Gasteiger partial charge in [0.25, 0.3) is 0 Å². The van der Waals surface area contributed by atoms with Gasteiger partial charge in [-0.15, -0.1) is 11.3 Å². The van der Waals surface area contributed by atoms with Crippen LogP contribution in [0.25, 0.3) is 0 Å². The van der Waals surface area contributed by atoms with E-state index in [2.05, 4.69) is 6.07 Å². The first kappa shape index (κ1) is 23.1. The first-order chi connectivity index (χ1) is 15.5. The number of hydrogen-bond acceptors (Lipinski definition) is 5. The van der Waals surface area contributed by atoms with E-state index in [1.165, 1.54) is 34.4 Å². The molecule has 0 amide bonds. The number of nitriles is 1. The van der Waals surface area contributed by atoms with Crippen molar-refractivity contribution in [2.45, 2.75) is 52.1 Å². The molecule has 4 nitrogen and oxygen atoms in total. The Bertz CT molecular complexity index is 1230. The summed E-state index contributed by atoms with van der Waals surface area (Å²) in [5, 5.41) is 10.1. The number of anilines is 1. The van der Waals surface area contributed by atoms with Gasteiger partial charge in [-0.3, -0.25) is 9.69 Å². The number of ketones is 1. The van der Waals surface area contributed by atoms with Crippen LogP contribution in [0.15, 0.2) is 59.1 Å². The molecule has 0 spiro atoms. The number of aryl methyl sites for hydroxylation is 1. The molecule has 0 unspecified atom stereocenters. The van der Waals surface area contributed by atoms with Crippen LogP contribution in [-0.4, -0.2) is 5.78 Å². The molecule has 2 N–H and O–H groups in total. The van der Waals surface area contributed by atoms with E-state index in [0.717, 1.165) is 22.2 Å². The highest BCUT2D eigenvalue weighted by molar-refractivity contribution is 7.12. The maximum Gasteiger partial charge on any atom is 0.418 e. The van der Waals surface area contributed by atoms with E-state index < -0.39 is 23.1 Å². The van der Waals surface area contributed by atoms with E-state index in [-0.39, 0.29) is 29.3 Å². The quantitative estimate of drug-likeness (QED) is 0.573. The van der Waals surface area contributed by atoms with Crippen molar-refractivity contribution in [2.75, 3.05) is 4.90 Å². The fraction of sp³-hybridized carbons (Fsp3) is 0.360. The van der Waals surface area contributed by atoms with Crippen molar-refractivity contribution in [3.05, 3.63) is 74.4 Å². The van der Waals surface area contributed by atoms with Crippen LogP contribution in [0.3, 0.4) is 0 Å². The van der Waals surface area contributed by atoms with E-state index in [9.17, 15) is 23.2 Å². The highest BCUT2D eigenvalue weighted by Crippen LogP contribution is 2.52. The fourth-order valence-electron chi connectivity index (χ4n) is 4.72. The number of hydrogen-bond donors (Lipinski definition) is 1. The molecule has 33 heavy (non-hydrogen) atoms. The molecule has 0 radical (unpaired) electrons. The van der Waals surface area contributed by atoms with Gasteiger partial charge in [-0.25, -0.2) is 0 Å². The molecular formula is C25H24F3N3OS. The largest absolute Gasteiger partial charge is 0.418 e. The van der Waals surface area contributed by atoms with Crippen LogP contribution in [-0.2, 0) is 17.4 Å². The zero-order valence-electron chi connectivity index (χ0n) is 18.6. The van der Waals surface area contributed by atoms with Crippen molar-refractivity contribution >= 4 is 22.8 Å². The summed E-state index contributed by atoms with van der Waals surface area (Å²) < 4.78 is 41.7. The number of benzene rings is 1. The second-order valence-electron chi connectivity index (χ2n) is 9.15. The summed E-state index contributed by atoms with van der Waals surface area (Å²) in [6, 6.07) is 11.1. The van der Waals surface area contributed by atoms with Crippen LogP contribution in [0.5, 0.6) is 0 Å². The van der Waals surface area contributed by atoms with Gasteiger partial charge in [-0.2, -0.15) is 18.4 Å². The molecule has 8 heteroatoms. The Kier molecular flexibility index (Phi) is 5.65. The molecule has 2 heterocycles. The summed E-state index contributed by atoms with van der Waals surface area (Å²) in [4.78, 5) is 16.6. The Morgan fingerprint density at radius 2 is 1.91 bits per heavy atom. The summed E-state index contributed by atoms with van der Waals surface area (Å²) in [6.07, 6.45) is -3.21. The molecule has 0 saturated heterocycles. The molecule has 2 aromatic rings. The molecule has 4 rings (SSSR count). The highest BCUT2D eigenvalue weighted by atomic mass is 32.1. The molecule has 1 aliphatic heterocycles. The molecule has 0 fully saturated rings. The van der Waals surface area contributed by atoms with Gasteiger partial charge >= 0.3 is 6.18 Å². The standard InChI is InChI=1S/C25H24F3N3OS/c1-4-14-9-10-20(33-14)21-15(13-29)23(30)31(17-8-6-5-7-16(17)25(26,27)28)18-11-24(2,3)12-19(32)22(18)21/h5-10,21H,4,11-12,30H2,1-3H3/t21-/m1/s1. The number of carbonyl (C=O) groups is 1. The van der Waals surface area contributed by atoms with E-state index in [4.69, 9.17) is 5.73 Å². The number of para-hydroxylation sites is 1. The van der Waals surface area contributed by atoms with Crippen molar-refractivity contribution in [2.24, 2.45) is 11.1 Å². The van der Waals surface area contributed by atoms with Crippen molar-refractivity contribution in [3.8, 4) is 6.07 Å². The topological polar surface area (TPSA) is 70.1 Å². The van der Waals surface area contributed by atoms with Crippen LogP contribution in [0, 0.1) is 16.7 Å². The summed E-state index contributed by atoms with van der Waals surface area (Å²) >= 11 is 1.50. The van der Waals surface area contributed by atoms with Gasteiger partial charge in [0.05, 0.1) is 28.8 Å². The number of alkyl halides is 3. The minimum Gasteiger partial charge on any atom is -0.384 e. The third-order valence-corrected chi connectivity index (χ3v) is 7.44. The predicted molar refractivity (Wildman–Crippen MR) is 122 cm³/mol. The Morgan fingerprint density at radius 1 is 1.21 bits per heavy atom. The summed E-state index contributed by atoms with van der Waals surface area (Å²) in [7, 11) is 0. The molecule has 1 atom stereocenters. The van der Waals surface area contributed by atoms with Gasteiger partial charge in [0.2, 0.25) is 0 Å². The zero-order chi connectivity index (χ0) is 24.1. The molecule has 1 aliphatic carbocycles. The molecule has 2 aliphatic rings. The summed E-state index contributed by atoms with van der Waals surface area (Å²) in [6.45, 7) is 5.84. The van der Waals surface area contributed by atoms with Crippen LogP contribution >= 0.6 is 11.3 Å². The number of halogens is 3. The van der Waals surface area contributed by atoms with E-state index >= 15 is 0 Å². The molecule has 0 saturated carbocycles. The number of rotatable bonds is 3. The van der Waals surface area contributed by atoms with Crippen LogP contribution in [0.2, 0.25) is 0 Å². The zero-order valence-corrected chi connectivity index (χ0v) is 19.4. The van der Waals surface area contributed by atoms with Crippen molar-refractivity contribution in [1.29, 1.82) is 5.26 Å². The summed E-state index contributed by atoms with van der Waals surface area (Å²) in [5.41, 5.74) is 5.89. The monoisotopic (exact) mass is 471 g/mol. The maximum atomic E-state index is 13.9.